The molecule has 8 heteroatoms. The zero-order valence-corrected chi connectivity index (χ0v) is 18.7. The minimum atomic E-state index is -1.01. The summed E-state index contributed by atoms with van der Waals surface area (Å²) in [4.78, 5) is 34.1. The van der Waals surface area contributed by atoms with Crippen molar-refractivity contribution >= 4 is 28.8 Å². The number of pyridine rings is 1. The Bertz CT molecular complexity index is 1340. The molecule has 0 saturated carbocycles. The second kappa shape index (κ2) is 8.22. The molecule has 1 amide bonds. The molecule has 2 aromatic carbocycles. The Balaban J connectivity index is 1.72. The van der Waals surface area contributed by atoms with Crippen LogP contribution >= 0.6 is 0 Å². The van der Waals surface area contributed by atoms with Gasteiger partial charge in [-0.3, -0.25) is 19.5 Å². The number of amides is 1. The van der Waals surface area contributed by atoms with Crippen molar-refractivity contribution in [2.24, 2.45) is 0 Å². The minimum Gasteiger partial charge on any atom is -0.507 e. The fourth-order valence-electron chi connectivity index (χ4n) is 4.38. The highest BCUT2D eigenvalue weighted by Gasteiger charge is 2.48. The first-order chi connectivity index (χ1) is 16.4. The number of hydrogen-bond acceptors (Lipinski definition) is 7. The van der Waals surface area contributed by atoms with E-state index in [0.29, 0.717) is 30.2 Å². The predicted octanol–water partition coefficient (Wildman–Crippen LogP) is 3.55. The van der Waals surface area contributed by atoms with Crippen LogP contribution in [0.3, 0.4) is 0 Å². The van der Waals surface area contributed by atoms with Crippen LogP contribution in [0.1, 0.15) is 22.9 Å². The Hall–Kier alpha value is -4.33. The first-order valence-electron chi connectivity index (χ1n) is 10.9. The average Bonchev–Trinajstić information content (AvgIpc) is 3.11. The van der Waals surface area contributed by atoms with Crippen molar-refractivity contribution in [3.8, 4) is 11.5 Å². The molecule has 5 rings (SSSR count). The van der Waals surface area contributed by atoms with Gasteiger partial charge in [-0.15, -0.1) is 0 Å². The molecule has 172 valence electrons. The number of benzene rings is 2. The molecule has 2 aliphatic heterocycles. The van der Waals surface area contributed by atoms with Crippen molar-refractivity contribution in [2.45, 2.75) is 13.0 Å². The van der Waals surface area contributed by atoms with Crippen LogP contribution in [0, 0.1) is 6.92 Å². The minimum absolute atomic E-state index is 0.0936. The molecule has 2 aliphatic rings. The number of carbonyl (C=O) groups excluding carboxylic acids is 2. The van der Waals surface area contributed by atoms with E-state index < -0.39 is 17.7 Å². The summed E-state index contributed by atoms with van der Waals surface area (Å²) in [6, 6.07) is 14.0. The topological polar surface area (TPSA) is 103 Å². The molecule has 3 aromatic rings. The van der Waals surface area contributed by atoms with Gasteiger partial charge in [0.05, 0.1) is 29.2 Å². The lowest BCUT2D eigenvalue weighted by Crippen LogP contribution is -2.30. The second-order valence-corrected chi connectivity index (χ2v) is 8.37. The molecule has 8 nitrogen and oxygen atoms in total. The van der Waals surface area contributed by atoms with Gasteiger partial charge >= 0.3 is 0 Å². The quantitative estimate of drug-likeness (QED) is 0.352. The molecule has 1 aromatic heterocycles. The van der Waals surface area contributed by atoms with E-state index in [4.69, 9.17) is 4.74 Å². The average molecular weight is 457 g/mol. The fourth-order valence-corrected chi connectivity index (χ4v) is 4.38. The molecule has 2 N–H and O–H groups in total. The van der Waals surface area contributed by atoms with Crippen LogP contribution in [-0.2, 0) is 9.59 Å². The highest BCUT2D eigenvalue weighted by Crippen LogP contribution is 2.45. The van der Waals surface area contributed by atoms with E-state index in [0.717, 1.165) is 11.3 Å². The number of phenols is 1. The number of phenolic OH excluding ortho intramolecular Hbond substituents is 1. The van der Waals surface area contributed by atoms with Crippen LogP contribution in [-0.4, -0.2) is 47.1 Å². The maximum absolute atomic E-state index is 13.3. The lowest BCUT2D eigenvalue weighted by molar-refractivity contribution is -0.132. The third-order valence-electron chi connectivity index (χ3n) is 6.13. The highest BCUT2D eigenvalue weighted by molar-refractivity contribution is 6.51. The number of aliphatic hydroxyl groups excluding tert-OH is 1. The number of likely N-dealkylation sites (N-methyl/N-ethyl adjacent to an activating group) is 1. The fraction of sp³-hybridized carbons (Fsp3) is 0.192. The maximum atomic E-state index is 13.3. The van der Waals surface area contributed by atoms with Crippen LogP contribution < -0.4 is 14.5 Å². The van der Waals surface area contributed by atoms with E-state index in [2.05, 4.69) is 4.98 Å². The monoisotopic (exact) mass is 457 g/mol. The molecule has 1 unspecified atom stereocenters. The van der Waals surface area contributed by atoms with Gasteiger partial charge in [0.2, 0.25) is 0 Å². The molecular weight excluding hydrogens is 434 g/mol. The van der Waals surface area contributed by atoms with E-state index in [1.165, 1.54) is 11.0 Å². The zero-order chi connectivity index (χ0) is 24.0. The number of ketones is 1. The van der Waals surface area contributed by atoms with Gasteiger partial charge in [0.1, 0.15) is 29.9 Å². The molecule has 0 aliphatic carbocycles. The van der Waals surface area contributed by atoms with Gasteiger partial charge in [-0.25, -0.2) is 0 Å². The van der Waals surface area contributed by atoms with Crippen molar-refractivity contribution in [3.63, 3.8) is 0 Å². The number of aromatic hydroxyl groups is 1. The predicted molar refractivity (Wildman–Crippen MR) is 127 cm³/mol. The smallest absolute Gasteiger partial charge is 0.300 e. The summed E-state index contributed by atoms with van der Waals surface area (Å²) in [5.41, 5.74) is 2.42. The van der Waals surface area contributed by atoms with Crippen molar-refractivity contribution < 1.29 is 24.5 Å². The lowest BCUT2D eigenvalue weighted by atomic mass is 9.97. The number of carbonyl (C=O) groups is 2. The largest absolute Gasteiger partial charge is 0.507 e. The van der Waals surface area contributed by atoms with Gasteiger partial charge in [0.15, 0.2) is 0 Å². The first kappa shape index (κ1) is 21.5. The van der Waals surface area contributed by atoms with Crippen LogP contribution in [0.5, 0.6) is 11.5 Å². The number of aryl methyl sites for hydroxylation is 1. The van der Waals surface area contributed by atoms with E-state index >= 15 is 0 Å². The number of nitrogens with zero attached hydrogens (tertiary/aromatic N) is 3. The van der Waals surface area contributed by atoms with Gasteiger partial charge in [-0.1, -0.05) is 12.1 Å². The molecule has 3 heterocycles. The Labute approximate surface area is 196 Å². The number of fused-ring (bicyclic) bond motifs is 1. The number of ether oxygens (including phenoxy) is 1. The number of rotatable bonds is 3. The molecule has 0 spiro atoms. The molecule has 34 heavy (non-hydrogen) atoms. The summed E-state index contributed by atoms with van der Waals surface area (Å²) < 4.78 is 5.68. The number of hydrogen-bond donors (Lipinski definition) is 2. The molecule has 0 bridgehead atoms. The maximum Gasteiger partial charge on any atom is 0.300 e. The van der Waals surface area contributed by atoms with Gasteiger partial charge in [-0.2, -0.15) is 0 Å². The van der Waals surface area contributed by atoms with Gasteiger partial charge in [0.25, 0.3) is 11.7 Å². The SMILES string of the molecule is Cc1ccc(O)c(N2C(=O)C(=O)/C(=C(\O)c3ccc4c(c3)N(C)CCO4)C2c2ccccn2)c1. The normalized spacial score (nSPS) is 19.2. The summed E-state index contributed by atoms with van der Waals surface area (Å²) in [6.45, 7) is 3.06. The Morgan fingerprint density at radius 2 is 1.91 bits per heavy atom. The summed E-state index contributed by atoms with van der Waals surface area (Å²) in [5, 5.41) is 21.9. The highest BCUT2D eigenvalue weighted by atomic mass is 16.5. The van der Waals surface area contributed by atoms with E-state index in [1.54, 1.807) is 54.7 Å². The zero-order valence-electron chi connectivity index (χ0n) is 18.7. The van der Waals surface area contributed by atoms with Crippen LogP contribution in [0.4, 0.5) is 11.4 Å². The van der Waals surface area contributed by atoms with Crippen LogP contribution in [0.15, 0.2) is 66.4 Å². The van der Waals surface area contributed by atoms with Crippen molar-refractivity contribution in [1.29, 1.82) is 0 Å². The third-order valence-corrected chi connectivity index (χ3v) is 6.13. The van der Waals surface area contributed by atoms with Crippen molar-refractivity contribution in [3.05, 3.63) is 83.2 Å². The van der Waals surface area contributed by atoms with Crippen molar-refractivity contribution in [2.75, 3.05) is 30.0 Å². The van der Waals surface area contributed by atoms with Crippen molar-refractivity contribution in [1.82, 2.24) is 4.98 Å². The molecular formula is C26H23N3O5. The molecule has 1 fully saturated rings. The molecule has 1 atom stereocenters. The van der Waals surface area contributed by atoms with E-state index in [9.17, 15) is 19.8 Å². The van der Waals surface area contributed by atoms with Gasteiger partial charge in [-0.05, 0) is 55.0 Å². The first-order valence-corrected chi connectivity index (χ1v) is 10.9. The summed E-state index contributed by atoms with van der Waals surface area (Å²) in [5.74, 6) is -1.49. The number of aromatic nitrogens is 1. The lowest BCUT2D eigenvalue weighted by Gasteiger charge is -2.28. The number of anilines is 2. The van der Waals surface area contributed by atoms with E-state index in [-0.39, 0.29) is 22.8 Å². The van der Waals surface area contributed by atoms with Crippen LogP contribution in [0.2, 0.25) is 0 Å². The Kier molecular flexibility index (Phi) is 5.20. The molecule has 0 radical (unpaired) electrons. The van der Waals surface area contributed by atoms with Gasteiger partial charge in [0, 0.05) is 18.8 Å². The number of aliphatic hydroxyl groups is 1. The number of Topliss-reactive ketones (excluding diaryl/α,β-unsaturated/α-hetero) is 1. The second-order valence-electron chi connectivity index (χ2n) is 8.37. The van der Waals surface area contributed by atoms with Crippen LogP contribution in [0.25, 0.3) is 5.76 Å². The summed E-state index contributed by atoms with van der Waals surface area (Å²) in [7, 11) is 1.92. The van der Waals surface area contributed by atoms with E-state index in [1.807, 2.05) is 18.9 Å². The Morgan fingerprint density at radius 3 is 2.68 bits per heavy atom. The Morgan fingerprint density at radius 1 is 1.09 bits per heavy atom. The molecule has 1 saturated heterocycles. The summed E-state index contributed by atoms with van der Waals surface area (Å²) >= 11 is 0. The standard InChI is InChI=1S/C26H23N3O5/c1-15-6-8-20(30)18(13-15)29-23(17-5-3-4-10-27-17)22(25(32)26(29)33)24(31)16-7-9-21-19(14-16)28(2)11-12-34-21/h3-10,13-14,23,30-31H,11-12H2,1-2H3/b24-22-. The third kappa shape index (κ3) is 3.44. The summed E-state index contributed by atoms with van der Waals surface area (Å²) in [6.07, 6.45) is 1.55. The van der Waals surface area contributed by atoms with Gasteiger partial charge < -0.3 is 19.8 Å².